The molecule has 2 bridgehead atoms. The highest BCUT2D eigenvalue weighted by molar-refractivity contribution is 6.05. The van der Waals surface area contributed by atoms with Gasteiger partial charge in [-0.15, -0.1) is 6.58 Å². The second kappa shape index (κ2) is 5.43. The van der Waals surface area contributed by atoms with E-state index in [0.717, 1.165) is 18.4 Å². The fourth-order valence-corrected chi connectivity index (χ4v) is 4.00. The summed E-state index contributed by atoms with van der Waals surface area (Å²) in [6.45, 7) is 12.3. The van der Waals surface area contributed by atoms with Crippen LogP contribution in [0, 0.1) is 22.7 Å². The molecule has 0 aromatic heterocycles. The molecular weight excluding hydrogens is 264 g/mol. The molecule has 0 aromatic carbocycles. The molecule has 0 saturated heterocycles. The second-order valence-electron chi connectivity index (χ2n) is 6.98. The Morgan fingerprint density at radius 1 is 1.48 bits per heavy atom. The Hall–Kier alpha value is -1.38. The molecule has 2 fully saturated rings. The summed E-state index contributed by atoms with van der Waals surface area (Å²) in [5.74, 6) is -0.164. The number of carbonyl (C=O) groups excluding carboxylic acids is 2. The topological polar surface area (TPSA) is 43.4 Å². The number of allylic oxidation sites excluding steroid dienone is 2. The first-order valence-electron chi connectivity index (χ1n) is 7.83. The first-order chi connectivity index (χ1) is 9.79. The molecule has 2 aliphatic rings. The lowest BCUT2D eigenvalue weighted by atomic mass is 9.70. The fraction of sp³-hybridized carbons (Fsp3) is 0.667. The minimum atomic E-state index is -0.389. The Balaban J connectivity index is 2.34. The molecule has 0 spiro atoms. The molecule has 21 heavy (non-hydrogen) atoms. The predicted octanol–water partition coefficient (Wildman–Crippen LogP) is 3.69. The highest BCUT2D eigenvalue weighted by Gasteiger charge is 2.63. The molecule has 2 aliphatic carbocycles. The number of ether oxygens (including phenoxy) is 1. The Morgan fingerprint density at radius 2 is 2.14 bits per heavy atom. The molecule has 0 amide bonds. The maximum Gasteiger partial charge on any atom is 0.313 e. The van der Waals surface area contributed by atoms with Crippen molar-refractivity contribution in [3.8, 4) is 0 Å². The van der Waals surface area contributed by atoms with Crippen molar-refractivity contribution in [2.45, 2.75) is 47.0 Å². The van der Waals surface area contributed by atoms with Crippen molar-refractivity contribution in [3.63, 3.8) is 0 Å². The highest BCUT2D eigenvalue weighted by atomic mass is 16.5. The van der Waals surface area contributed by atoms with Crippen molar-refractivity contribution in [1.82, 2.24) is 0 Å². The van der Waals surface area contributed by atoms with Crippen LogP contribution in [0.1, 0.15) is 47.0 Å². The number of rotatable bonds is 5. The van der Waals surface area contributed by atoms with Gasteiger partial charge in [-0.25, -0.2) is 0 Å². The molecular formula is C18H26O3. The van der Waals surface area contributed by atoms with Crippen LogP contribution in [-0.2, 0) is 14.3 Å². The van der Waals surface area contributed by atoms with Crippen LogP contribution in [0.3, 0.4) is 0 Å². The van der Waals surface area contributed by atoms with Gasteiger partial charge in [-0.3, -0.25) is 9.59 Å². The average Bonchev–Trinajstić information content (AvgIpc) is 2.72. The van der Waals surface area contributed by atoms with E-state index in [-0.39, 0.29) is 34.4 Å². The summed E-state index contributed by atoms with van der Waals surface area (Å²) in [7, 11) is 0. The standard InChI is InChI=1S/C18H26O3/c1-6-8-12(16(20)21-7-2)11-13-14-9-10-18(5,15(13)19)17(14,3)4/h6,11-12,14H,1,7-10H2,2-5H3/b13-11-/t12-,14+,18+/m0/s1. The molecule has 116 valence electrons. The van der Waals surface area contributed by atoms with Gasteiger partial charge < -0.3 is 4.74 Å². The van der Waals surface area contributed by atoms with Gasteiger partial charge in [-0.1, -0.05) is 32.9 Å². The Morgan fingerprint density at radius 3 is 2.62 bits per heavy atom. The lowest BCUT2D eigenvalue weighted by Crippen LogP contribution is -2.32. The molecule has 0 radical (unpaired) electrons. The van der Waals surface area contributed by atoms with E-state index in [0.29, 0.717) is 13.0 Å². The maximum absolute atomic E-state index is 12.8. The first kappa shape index (κ1) is 16.0. The van der Waals surface area contributed by atoms with E-state index in [2.05, 4.69) is 27.4 Å². The molecule has 0 aliphatic heterocycles. The number of Topliss-reactive ketones (excluding diaryl/α,β-unsaturated/α-hetero) is 1. The highest BCUT2D eigenvalue weighted by Crippen LogP contribution is 2.65. The van der Waals surface area contributed by atoms with Crippen molar-refractivity contribution in [1.29, 1.82) is 0 Å². The van der Waals surface area contributed by atoms with Crippen LogP contribution in [0.25, 0.3) is 0 Å². The van der Waals surface area contributed by atoms with Gasteiger partial charge in [0.25, 0.3) is 0 Å². The normalized spacial score (nSPS) is 33.2. The zero-order valence-corrected chi connectivity index (χ0v) is 13.6. The van der Waals surface area contributed by atoms with Gasteiger partial charge in [0, 0.05) is 5.41 Å². The number of ketones is 1. The number of fused-ring (bicyclic) bond motifs is 2. The number of esters is 1. The molecule has 3 nitrogen and oxygen atoms in total. The van der Waals surface area contributed by atoms with Crippen molar-refractivity contribution in [2.24, 2.45) is 22.7 Å². The Bertz CT molecular complexity index is 501. The summed E-state index contributed by atoms with van der Waals surface area (Å²) in [6, 6.07) is 0. The molecule has 2 rings (SSSR count). The van der Waals surface area contributed by atoms with Crippen molar-refractivity contribution in [2.75, 3.05) is 6.61 Å². The van der Waals surface area contributed by atoms with Gasteiger partial charge in [-0.05, 0) is 43.1 Å². The van der Waals surface area contributed by atoms with Gasteiger partial charge in [0.2, 0.25) is 0 Å². The minimum absolute atomic E-state index is 0.0245. The predicted molar refractivity (Wildman–Crippen MR) is 82.6 cm³/mol. The van der Waals surface area contributed by atoms with E-state index in [1.54, 1.807) is 13.0 Å². The van der Waals surface area contributed by atoms with E-state index in [1.165, 1.54) is 0 Å². The van der Waals surface area contributed by atoms with Crippen LogP contribution >= 0.6 is 0 Å². The van der Waals surface area contributed by atoms with E-state index < -0.39 is 0 Å². The third-order valence-corrected chi connectivity index (χ3v) is 5.76. The van der Waals surface area contributed by atoms with E-state index in [4.69, 9.17) is 4.74 Å². The third-order valence-electron chi connectivity index (χ3n) is 5.76. The summed E-state index contributed by atoms with van der Waals surface area (Å²) < 4.78 is 5.12. The Kier molecular flexibility index (Phi) is 4.14. The second-order valence-corrected chi connectivity index (χ2v) is 6.98. The lowest BCUT2D eigenvalue weighted by Gasteiger charge is -2.31. The van der Waals surface area contributed by atoms with Crippen LogP contribution in [0.2, 0.25) is 0 Å². The molecule has 3 atom stereocenters. The summed E-state index contributed by atoms with van der Waals surface area (Å²) in [6.07, 6.45) is 6.07. The number of carbonyl (C=O) groups is 2. The molecule has 0 N–H and O–H groups in total. The van der Waals surface area contributed by atoms with E-state index in [1.807, 2.05) is 6.08 Å². The largest absolute Gasteiger partial charge is 0.466 e. The van der Waals surface area contributed by atoms with Gasteiger partial charge in [0.15, 0.2) is 5.78 Å². The SMILES string of the molecule is C=CC[C@@H](/C=C1\C(=O)[C@@]2(C)CC[C@H]1C2(C)C)C(=O)OCC. The average molecular weight is 290 g/mol. The van der Waals surface area contributed by atoms with Crippen LogP contribution in [0.5, 0.6) is 0 Å². The zero-order chi connectivity index (χ0) is 15.8. The van der Waals surface area contributed by atoms with E-state index >= 15 is 0 Å². The monoisotopic (exact) mass is 290 g/mol. The van der Waals surface area contributed by atoms with Crippen LogP contribution < -0.4 is 0 Å². The van der Waals surface area contributed by atoms with E-state index in [9.17, 15) is 9.59 Å². The third kappa shape index (κ3) is 2.27. The summed E-state index contributed by atoms with van der Waals surface area (Å²) in [5.41, 5.74) is 0.536. The van der Waals surface area contributed by atoms with Crippen molar-refractivity contribution in [3.05, 3.63) is 24.3 Å². The summed E-state index contributed by atoms with van der Waals surface area (Å²) in [4.78, 5) is 24.8. The smallest absolute Gasteiger partial charge is 0.313 e. The molecule has 0 aromatic rings. The quantitative estimate of drug-likeness (QED) is 0.440. The summed E-state index contributed by atoms with van der Waals surface area (Å²) in [5, 5.41) is 0. The van der Waals surface area contributed by atoms with Gasteiger partial charge >= 0.3 is 5.97 Å². The Labute approximate surface area is 127 Å². The lowest BCUT2D eigenvalue weighted by molar-refractivity contribution is -0.146. The fourth-order valence-electron chi connectivity index (χ4n) is 4.00. The molecule has 3 heteroatoms. The van der Waals surface area contributed by atoms with Gasteiger partial charge in [0.1, 0.15) is 0 Å². The minimum Gasteiger partial charge on any atom is -0.466 e. The molecule has 0 unspecified atom stereocenters. The van der Waals surface area contributed by atoms with Crippen LogP contribution in [0.4, 0.5) is 0 Å². The van der Waals surface area contributed by atoms with Crippen molar-refractivity contribution < 1.29 is 14.3 Å². The number of hydrogen-bond acceptors (Lipinski definition) is 3. The summed E-state index contributed by atoms with van der Waals surface area (Å²) >= 11 is 0. The number of hydrogen-bond donors (Lipinski definition) is 0. The maximum atomic E-state index is 12.8. The zero-order valence-electron chi connectivity index (χ0n) is 13.6. The molecule has 0 heterocycles. The van der Waals surface area contributed by atoms with Crippen LogP contribution in [-0.4, -0.2) is 18.4 Å². The molecule has 2 saturated carbocycles. The van der Waals surface area contributed by atoms with Gasteiger partial charge in [-0.2, -0.15) is 0 Å². The van der Waals surface area contributed by atoms with Gasteiger partial charge in [0.05, 0.1) is 12.5 Å². The first-order valence-corrected chi connectivity index (χ1v) is 7.83. The van der Waals surface area contributed by atoms with Crippen molar-refractivity contribution >= 4 is 11.8 Å². The van der Waals surface area contributed by atoms with Crippen LogP contribution in [0.15, 0.2) is 24.3 Å².